The number of anilines is 2. The Balaban J connectivity index is 0.000000216. The molecule has 17 rings (SSSR count). The maximum atomic E-state index is 14.9. The lowest BCUT2D eigenvalue weighted by Crippen LogP contribution is -2.62. The molecule has 0 unspecified atom stereocenters. The lowest BCUT2D eigenvalue weighted by atomic mass is 9.45. The van der Waals surface area contributed by atoms with Gasteiger partial charge in [0.25, 0.3) is 11.8 Å². The SMILES string of the molecule is CO.COc1c(CN2O[C@@H](CO)[C@@H]([C@H](C)O)[C@H]2C(=O)N[C@H]2C[C@H]3C[C@@H]([C@@H]2C)C3(C)C)cccc1-c1cc(C(=O)N2CCN(Cc3ccccc3)C[C@@H]2Cc2ccccc2)cc(N(C)C)c1.C[C@@H]1[C@@H](NC(=O)[C@@H]2[C@H]([C@H](C)O)[C@H](CO)ON2Cc2cccc(-c3cc(C(=O)N4CCNC[C@@H]4Cc4ccccc4)cc(N(C)C)c3)c2)C[C@H]2C[C@@H]1C2(C)C.[HH]. The molecule has 10 fully saturated rings. The van der Waals surface area contributed by atoms with Gasteiger partial charge < -0.3 is 65.8 Å². The Morgan fingerprint density at radius 2 is 1.02 bits per heavy atom. The number of nitrogens with one attached hydrogen (secondary N) is 3. The zero-order valence-corrected chi connectivity index (χ0v) is 72.3. The van der Waals surface area contributed by atoms with Gasteiger partial charge in [0.15, 0.2) is 0 Å². The molecule has 7 aromatic carbocycles. The van der Waals surface area contributed by atoms with E-state index in [0.29, 0.717) is 70.9 Å². The van der Waals surface area contributed by atoms with Crippen molar-refractivity contribution >= 4 is 35.0 Å². The lowest BCUT2D eigenvalue weighted by Gasteiger charge is -2.62. The van der Waals surface area contributed by atoms with E-state index in [1.54, 1.807) is 31.1 Å². The third kappa shape index (κ3) is 19.0. The summed E-state index contributed by atoms with van der Waals surface area (Å²) in [4.78, 5) is 81.0. The van der Waals surface area contributed by atoms with Gasteiger partial charge in [0.2, 0.25) is 11.8 Å². The van der Waals surface area contributed by atoms with Crippen LogP contribution < -0.4 is 30.5 Å². The predicted octanol–water partition coefficient (Wildman–Crippen LogP) is 11.2. The van der Waals surface area contributed by atoms with Gasteiger partial charge in [-0.25, -0.2) is 0 Å². The first-order valence-electron chi connectivity index (χ1n) is 43.2. The smallest absolute Gasteiger partial charge is 0.254 e. The van der Waals surface area contributed by atoms with Crippen molar-refractivity contribution < 1.29 is 60.5 Å². The Kier molecular flexibility index (Phi) is 28.3. The summed E-state index contributed by atoms with van der Waals surface area (Å²) in [5, 5.41) is 63.3. The van der Waals surface area contributed by atoms with E-state index in [0.717, 1.165) is 110 Å². The molecule has 22 heteroatoms. The highest BCUT2D eigenvalue weighted by atomic mass is 16.7. The number of hydrogen-bond acceptors (Lipinski definition) is 18. The van der Waals surface area contributed by atoms with Gasteiger partial charge in [-0.05, 0) is 180 Å². The molecule has 10 aliphatic rings. The number of rotatable bonds is 25. The molecule has 22 nitrogen and oxygen atoms in total. The van der Waals surface area contributed by atoms with E-state index < -0.39 is 48.3 Å². The predicted molar refractivity (Wildman–Crippen MR) is 469 cm³/mol. The average Bonchev–Trinajstić information content (AvgIpc) is 1.32. The zero-order chi connectivity index (χ0) is 84.9. The number of amides is 4. The van der Waals surface area contributed by atoms with E-state index >= 15 is 0 Å². The van der Waals surface area contributed by atoms with E-state index in [1.165, 1.54) is 29.5 Å². The molecule has 7 aromatic rings. The minimum absolute atomic E-state index is 0. The molecule has 642 valence electrons. The number of carbonyl (C=O) groups excluding carboxylic acids is 4. The van der Waals surface area contributed by atoms with Gasteiger partial charge in [-0.3, -0.25) is 33.8 Å². The molecule has 0 radical (unpaired) electrons. The molecule has 18 atom stereocenters. The Bertz CT molecular complexity index is 4600. The highest BCUT2D eigenvalue weighted by Gasteiger charge is 2.60. The number of carbonyl (C=O) groups is 4. The molecule has 4 heterocycles. The van der Waals surface area contributed by atoms with E-state index in [9.17, 15) is 39.6 Å². The van der Waals surface area contributed by atoms with Gasteiger partial charge in [-0.2, -0.15) is 10.1 Å². The average molecular weight is 1630 g/mol. The molecule has 4 bridgehead atoms. The summed E-state index contributed by atoms with van der Waals surface area (Å²) in [5.74, 6) is 1.97. The second-order valence-corrected chi connectivity index (χ2v) is 36.6. The summed E-state index contributed by atoms with van der Waals surface area (Å²) in [6.45, 7) is 22.1. The molecule has 0 spiro atoms. The van der Waals surface area contributed by atoms with Crippen molar-refractivity contribution in [2.45, 2.75) is 174 Å². The van der Waals surface area contributed by atoms with Gasteiger partial charge in [-0.15, -0.1) is 0 Å². The number of aliphatic hydroxyl groups is 5. The highest BCUT2D eigenvalue weighted by Crippen LogP contribution is 2.62. The van der Waals surface area contributed by atoms with Gasteiger partial charge in [-0.1, -0.05) is 169 Å². The first kappa shape index (κ1) is 88.2. The monoisotopic (exact) mass is 1630 g/mol. The van der Waals surface area contributed by atoms with Gasteiger partial charge in [0, 0.05) is 152 Å². The Morgan fingerprint density at radius 1 is 0.546 bits per heavy atom. The normalized spacial score (nSPS) is 28.0. The van der Waals surface area contributed by atoms with Crippen LogP contribution in [0.15, 0.2) is 170 Å². The lowest BCUT2D eigenvalue weighted by molar-refractivity contribution is -0.183. The zero-order valence-electron chi connectivity index (χ0n) is 72.3. The standard InChI is InChI=1S/C52H67N5O6.C44H59N5O5.CH4O.H2/c1-33-44-27-40(52(44,3)4)28-45(33)53-50(60)48-47(34(2)59)46(32-58)63-57(48)30-37-19-14-20-43(49(37)62-7)38-24-39(26-41(25-38)54(5)6)51(61)56-22-21-55(29-36-17-12-9-13-18-36)31-42(56)23-35-15-10-8-11-16-35;1-27-37-22-34(44(37,3)4)23-38(27)46-42(52)41-40(28(2)51)39(26-50)54-49(41)25-30-13-10-14-31(17-30)32-19-33(21-35(20-32)47(5)6)43(53)48-16-15-45-24-36(48)18-29-11-8-7-9-12-29;1-2;/h8-20,24-26,33-34,40,42,44-48,58-59H,21-23,27-32H2,1-7H3,(H,53,60);7-14,17,19-21,27-28,34,36-41,45,50-51H,15-16,18,22-26H2,1-6H3,(H,46,52);2H,1H3;1H/t33-,34-,40+,42-,44-,45-,46-,47+,48-;27-,28-,34+,36-,37-,38-,39-,40+,41-;;/m00../s1. The molecule has 0 aromatic heterocycles. The van der Waals surface area contributed by atoms with Crippen molar-refractivity contribution in [3.8, 4) is 28.0 Å². The summed E-state index contributed by atoms with van der Waals surface area (Å²) in [6.07, 6.45) is 2.59. The summed E-state index contributed by atoms with van der Waals surface area (Å²) in [5.41, 5.74) is 12.5. The van der Waals surface area contributed by atoms with E-state index in [2.05, 4.69) is 146 Å². The second-order valence-electron chi connectivity index (χ2n) is 36.6. The number of para-hydroxylation sites is 1. The maximum absolute atomic E-state index is 14.9. The number of hydroxylamine groups is 4. The molecule has 8 N–H and O–H groups in total. The van der Waals surface area contributed by atoms with Crippen LogP contribution in [-0.2, 0) is 51.7 Å². The number of methoxy groups -OCH3 is 1. The fourth-order valence-electron chi connectivity index (χ4n) is 21.3. The van der Waals surface area contributed by atoms with Gasteiger partial charge in [0.05, 0.1) is 45.6 Å². The van der Waals surface area contributed by atoms with Crippen LogP contribution in [0.4, 0.5) is 11.4 Å². The number of nitrogens with zero attached hydrogens (tertiary/aromatic N) is 7. The van der Waals surface area contributed by atoms with Crippen LogP contribution in [0.25, 0.3) is 22.3 Å². The molecule has 4 saturated heterocycles. The van der Waals surface area contributed by atoms with Crippen LogP contribution in [0, 0.1) is 58.2 Å². The van der Waals surface area contributed by atoms with Crippen LogP contribution in [-0.4, -0.2) is 230 Å². The third-order valence-corrected chi connectivity index (χ3v) is 28.3. The molecule has 6 saturated carbocycles. The van der Waals surface area contributed by atoms with Gasteiger partial charge >= 0.3 is 0 Å². The van der Waals surface area contributed by atoms with Gasteiger partial charge in [0.1, 0.15) is 30.0 Å². The number of hydrogen-bond donors (Lipinski definition) is 8. The first-order chi connectivity index (χ1) is 57.1. The largest absolute Gasteiger partial charge is 0.496 e. The van der Waals surface area contributed by atoms with E-state index in [-0.39, 0.29) is 80.9 Å². The Morgan fingerprint density at radius 3 is 1.50 bits per heavy atom. The summed E-state index contributed by atoms with van der Waals surface area (Å²) in [7, 11) is 10.6. The number of aliphatic hydroxyl groups excluding tert-OH is 5. The van der Waals surface area contributed by atoms with Crippen LogP contribution >= 0.6 is 0 Å². The van der Waals surface area contributed by atoms with Crippen LogP contribution in [0.2, 0.25) is 0 Å². The fourth-order valence-corrected chi connectivity index (χ4v) is 21.3. The van der Waals surface area contributed by atoms with Crippen LogP contribution in [0.3, 0.4) is 0 Å². The fraction of sp³-hybridized carbons (Fsp3) is 0.526. The molecule has 119 heavy (non-hydrogen) atoms. The summed E-state index contributed by atoms with van der Waals surface area (Å²) < 4.78 is 6.20. The van der Waals surface area contributed by atoms with Crippen molar-refractivity contribution in [2.75, 3.05) is 105 Å². The van der Waals surface area contributed by atoms with Crippen molar-refractivity contribution in [3.05, 3.63) is 209 Å². The molecule has 6 aliphatic carbocycles. The topological polar surface area (TPSA) is 256 Å². The minimum atomic E-state index is -0.906. The maximum Gasteiger partial charge on any atom is 0.254 e. The van der Waals surface area contributed by atoms with Crippen molar-refractivity contribution in [3.63, 3.8) is 0 Å². The third-order valence-electron chi connectivity index (χ3n) is 28.3. The van der Waals surface area contributed by atoms with Crippen LogP contribution in [0.1, 0.15) is 131 Å². The number of ether oxygens (including phenoxy) is 1. The molecular weight excluding hydrogens is 1500 g/mol. The Labute approximate surface area is 706 Å². The van der Waals surface area contributed by atoms with Crippen molar-refractivity contribution in [1.29, 1.82) is 0 Å². The molecule has 4 aliphatic heterocycles. The quantitative estimate of drug-likeness (QED) is 0.0265. The number of piperazine rings is 2. The Hall–Kier alpha value is -8.62. The number of fused-ring (bicyclic) bond motifs is 4. The van der Waals surface area contributed by atoms with E-state index in [4.69, 9.17) is 19.5 Å². The van der Waals surface area contributed by atoms with Crippen molar-refractivity contribution in [2.24, 2.45) is 58.2 Å². The van der Waals surface area contributed by atoms with Crippen molar-refractivity contribution in [1.82, 2.24) is 40.8 Å². The van der Waals surface area contributed by atoms with E-state index in [1.807, 2.05) is 134 Å². The second kappa shape index (κ2) is 38.2. The van der Waals surface area contributed by atoms with Crippen LogP contribution in [0.5, 0.6) is 5.75 Å². The summed E-state index contributed by atoms with van der Waals surface area (Å²) >= 11 is 0. The number of benzene rings is 7. The minimum Gasteiger partial charge on any atom is -0.496 e. The summed E-state index contributed by atoms with van der Waals surface area (Å²) in [6, 6.07) is 55.8. The molecule has 4 amide bonds. The highest BCUT2D eigenvalue weighted by molar-refractivity contribution is 5.98. The molecular formula is C97H132N10O12. The first-order valence-corrected chi connectivity index (χ1v) is 43.2.